The van der Waals surface area contributed by atoms with Crippen LogP contribution in [0.5, 0.6) is 0 Å². The Morgan fingerprint density at radius 1 is 0.761 bits per heavy atom. The highest BCUT2D eigenvalue weighted by atomic mass is 32.2. The van der Waals surface area contributed by atoms with Crippen LogP contribution in [0.15, 0.2) is 137 Å². The summed E-state index contributed by atoms with van der Waals surface area (Å²) in [7, 11) is 0. The van der Waals surface area contributed by atoms with Crippen molar-refractivity contribution in [1.82, 2.24) is 35.6 Å². The number of aliphatic carboxylic acids is 1. The van der Waals surface area contributed by atoms with Gasteiger partial charge in [0.1, 0.15) is 124 Å². The van der Waals surface area contributed by atoms with E-state index in [0.29, 0.717) is 0 Å². The number of aliphatic imine (C=N–C) groups is 11. The first-order valence-electron chi connectivity index (χ1n) is 34.9. The number of carboxylic acids is 1. The first-order valence-corrected chi connectivity index (χ1v) is 39.8. The fraction of sp³-hybridized carbons (Fsp3) is 0.437. The fourth-order valence-electron chi connectivity index (χ4n) is 12.0. The number of nitrogens with one attached hydrogen (secondary N) is 2. The number of pyridine rings is 1. The number of hydrogen-bond acceptors (Lipinski definition) is 31. The molecule has 1 fully saturated rings. The number of allylic oxidation sites excluding steroid dienone is 1. The molecular formula is C71H84N18O18S6. The number of thioether (sulfide) groups is 1. The average Bonchev–Trinajstić information content (AvgIpc) is 1.72. The lowest BCUT2D eigenvalue weighted by Gasteiger charge is -2.43. The zero-order valence-electron chi connectivity index (χ0n) is 62.2. The molecule has 0 spiro atoms. The number of aromatic nitrogens is 5. The topological polar surface area (TPSA) is 571 Å². The summed E-state index contributed by atoms with van der Waals surface area (Å²) in [6.45, 7) is 25.2. The minimum Gasteiger partial charge on any atom is -0.495 e. The quantitative estimate of drug-likeness (QED) is 0.0193. The van der Waals surface area contributed by atoms with Crippen molar-refractivity contribution in [3.05, 3.63) is 148 Å². The number of carbonyl (C=O) groups is 2. The van der Waals surface area contributed by atoms with Crippen molar-refractivity contribution in [2.45, 2.75) is 184 Å². The van der Waals surface area contributed by atoms with E-state index in [1.807, 2.05) is 0 Å². The van der Waals surface area contributed by atoms with Gasteiger partial charge in [-0.25, -0.2) is 79.4 Å². The largest absolute Gasteiger partial charge is 0.495 e. The lowest BCUT2D eigenvalue weighted by Crippen LogP contribution is -2.49. The molecule has 9 heterocycles. The summed E-state index contributed by atoms with van der Waals surface area (Å²) >= 11 is 9.85. The number of hydrogen-bond donors (Lipinski definition) is 18. The van der Waals surface area contributed by atoms with Crippen molar-refractivity contribution in [2.24, 2.45) is 60.8 Å². The molecule has 0 amide bonds. The minimum absolute atomic E-state index is 0.00183. The second-order valence-corrected chi connectivity index (χ2v) is 32.2. The number of rotatable bonds is 11. The lowest BCUT2D eigenvalue weighted by molar-refractivity contribution is -0.132. The van der Waals surface area contributed by atoms with Crippen molar-refractivity contribution in [1.29, 1.82) is 0 Å². The zero-order valence-corrected chi connectivity index (χ0v) is 67.2. The number of piperidine rings is 1. The van der Waals surface area contributed by atoms with Crippen molar-refractivity contribution in [2.75, 3.05) is 5.75 Å². The SMILES string of the molecule is C=C(N=C(O)C(=C)N=C(O)c1csc([C@H]2CC[C@]34N=C(O)[C@H](C)N=C(O)C(=C)N=C(O)C(C)N=C(O)C(C(C)C)NC5C=Cc6c(C(C)O)cc(nc6[C@H]5O)C(=O)OC(C)C(N=C(S)c5csc(n5)C(C(C)(O)C(C)O)N=C(O)C5CSC(=N5)/C(=C/C)N=C(O)C(C(C)O)N=C(O)c5csc3n5)c3nc(cs3)[C@H]4N2)n1)C(=O)O. The summed E-state index contributed by atoms with van der Waals surface area (Å²) in [5, 5.41) is 185. The molecule has 5 aromatic rings. The van der Waals surface area contributed by atoms with Crippen molar-refractivity contribution < 1.29 is 90.9 Å². The smallest absolute Gasteiger partial charge is 0.357 e. The molecule has 1 saturated heterocycles. The molecule has 36 nitrogen and oxygen atoms in total. The third-order valence-electron chi connectivity index (χ3n) is 18.6. The van der Waals surface area contributed by atoms with Crippen LogP contribution in [-0.2, 0) is 15.1 Å². The van der Waals surface area contributed by atoms with Gasteiger partial charge in [-0.3, -0.25) is 20.6 Å². The molecule has 1 aliphatic carbocycles. The van der Waals surface area contributed by atoms with Crippen LogP contribution in [0.4, 0.5) is 0 Å². The Labute approximate surface area is 671 Å². The summed E-state index contributed by atoms with van der Waals surface area (Å²) in [6, 6.07) is -11.6. The molecule has 602 valence electrons. The number of thiol groups is 1. The van der Waals surface area contributed by atoms with Gasteiger partial charge in [0.15, 0.2) is 11.9 Å². The molecule has 0 saturated carbocycles. The second-order valence-electron chi connectivity index (χ2n) is 27.3. The Kier molecular flexibility index (Phi) is 26.8. The van der Waals surface area contributed by atoms with Gasteiger partial charge in [0.2, 0.25) is 47.2 Å². The number of carboxylic acid groups (broad SMARTS) is 1. The summed E-state index contributed by atoms with van der Waals surface area (Å²) in [4.78, 5) is 98.7. The van der Waals surface area contributed by atoms with Gasteiger partial charge in [-0.05, 0) is 85.8 Å². The molecule has 12 unspecified atom stereocenters. The molecule has 42 heteroatoms. The second kappa shape index (κ2) is 35.4. The summed E-state index contributed by atoms with van der Waals surface area (Å²) in [5.41, 5.74) is -6.29. The molecule has 4 aliphatic heterocycles. The van der Waals surface area contributed by atoms with Gasteiger partial charge in [0.05, 0.1) is 59.6 Å². The molecule has 5 aliphatic rings. The third kappa shape index (κ3) is 18.9. The van der Waals surface area contributed by atoms with Crippen LogP contribution >= 0.6 is 69.7 Å². The first kappa shape index (κ1) is 85.7. The monoisotopic (exact) mass is 1670 g/mol. The predicted molar refractivity (Wildman–Crippen MR) is 436 cm³/mol. The van der Waals surface area contributed by atoms with Gasteiger partial charge in [-0.1, -0.05) is 51.8 Å². The summed E-state index contributed by atoms with van der Waals surface area (Å²) in [5.74, 6) is -10.1. The maximum atomic E-state index is 15.1. The van der Waals surface area contributed by atoms with Gasteiger partial charge in [-0.2, -0.15) is 0 Å². The number of nitrogens with zero attached hydrogens (tertiary/aromatic N) is 16. The Morgan fingerprint density at radius 3 is 2.12 bits per heavy atom. The molecular weight excluding hydrogens is 1590 g/mol. The van der Waals surface area contributed by atoms with E-state index in [4.69, 9.17) is 42.3 Å². The number of fused-ring (bicyclic) bond motifs is 7. The van der Waals surface area contributed by atoms with Crippen LogP contribution in [-0.4, -0.2) is 243 Å². The highest BCUT2D eigenvalue weighted by Crippen LogP contribution is 2.51. The molecule has 10 rings (SSSR count). The van der Waals surface area contributed by atoms with Crippen LogP contribution in [0.2, 0.25) is 0 Å². The Hall–Kier alpha value is -9.70. The van der Waals surface area contributed by atoms with Gasteiger partial charge in [-0.15, -0.1) is 69.7 Å². The number of esters is 1. The van der Waals surface area contributed by atoms with Gasteiger partial charge in [0, 0.05) is 32.8 Å². The summed E-state index contributed by atoms with van der Waals surface area (Å²) in [6.07, 6.45) is -2.86. The van der Waals surface area contributed by atoms with E-state index in [-0.39, 0.29) is 99.7 Å². The first-order chi connectivity index (χ1) is 53.2. The van der Waals surface area contributed by atoms with Crippen molar-refractivity contribution >= 4 is 151 Å². The van der Waals surface area contributed by atoms with Crippen molar-refractivity contribution in [3.63, 3.8) is 0 Å². The molecule has 113 heavy (non-hydrogen) atoms. The normalized spacial score (nSPS) is 27.9. The summed E-state index contributed by atoms with van der Waals surface area (Å²) < 4.78 is 6.35. The number of thiazole rings is 4. The Morgan fingerprint density at radius 2 is 1.45 bits per heavy atom. The molecule has 13 bridgehead atoms. The predicted octanol–water partition coefficient (Wildman–Crippen LogP) is 8.80. The van der Waals surface area contributed by atoms with E-state index < -0.39 is 190 Å². The standard InChI is InChI=1S/C71H84N18O18S6/c1-14-37-63-82-43(22-109-63)59(100)88-52(70(13,106)34(12)92)66-84-45(24-112-66)62(108)87-48-33(11)107-68(105)40-19-36(31(9)90)35-15-16-38(50(93)49(35)78-40)77-46(25(2)3)60(101)75-28(6)54(95)72-26(4)53(94)73-29(7)56(97)89-71(69-85-44(23-113-69)58(99)86-47(32(10)91)61(102)80-37)18-17-39(79-51(71)41-20-111-65(48)81-41)64-83-42(21-110-64)57(98)74-27(5)55(96)76-30(8)67(103)104/h14-16,19-21,23-25,28-29,31-34,38-39,43,46-48,50-52,77,79,90-93,106H,4-5,8,17-18,22H2,1-3,6-7,9-13H3,(H,72,95)(H,73,94)(H,74,98)(H,75,101)(H,76,96)(H,80,102)(H,86,99)(H,87,108)(H,88,100)(H,89,97)(H,103,104)/b37-14-/t28?,29-,31?,32?,33?,34?,38?,39+,43?,46?,47?,48?,50-,51+,52?,70?,71+/m0/s1. The van der Waals surface area contributed by atoms with Crippen LogP contribution in [0, 0.1) is 5.92 Å². The van der Waals surface area contributed by atoms with E-state index in [1.165, 1.54) is 76.7 Å². The van der Waals surface area contributed by atoms with E-state index >= 15 is 4.79 Å². The Bertz CT molecular complexity index is 4970. The lowest BCUT2D eigenvalue weighted by atomic mass is 9.79. The van der Waals surface area contributed by atoms with E-state index in [9.17, 15) is 81.4 Å². The van der Waals surface area contributed by atoms with Crippen LogP contribution < -0.4 is 10.6 Å². The number of cyclic esters (lactones) is 1. The van der Waals surface area contributed by atoms with Crippen LogP contribution in [0.3, 0.4) is 0 Å². The van der Waals surface area contributed by atoms with E-state index in [1.54, 1.807) is 38.3 Å². The fourth-order valence-corrected chi connectivity index (χ4v) is 17.2. The molecule has 17 atom stereocenters. The molecule has 0 radical (unpaired) electrons. The minimum atomic E-state index is -2.14. The Balaban J connectivity index is 1.24. The molecule has 0 aromatic carbocycles. The van der Waals surface area contributed by atoms with Gasteiger partial charge < -0.3 is 81.3 Å². The highest BCUT2D eigenvalue weighted by Gasteiger charge is 2.52. The maximum Gasteiger partial charge on any atom is 0.357 e. The van der Waals surface area contributed by atoms with Gasteiger partial charge >= 0.3 is 11.9 Å². The van der Waals surface area contributed by atoms with Crippen LogP contribution in [0.1, 0.15) is 189 Å². The average molecular weight is 1670 g/mol. The third-order valence-corrected chi connectivity index (χ3v) is 23.8. The highest BCUT2D eigenvalue weighted by molar-refractivity contribution is 8.14. The van der Waals surface area contributed by atoms with Crippen LogP contribution in [0.25, 0.3) is 6.08 Å². The molecule has 5 aromatic heterocycles. The number of carbonyl (C=O) groups excluding carboxylic acids is 1. The number of aliphatic hydroxyl groups excluding tert-OH is 13. The van der Waals surface area contributed by atoms with E-state index in [0.717, 1.165) is 57.1 Å². The van der Waals surface area contributed by atoms with Crippen molar-refractivity contribution in [3.8, 4) is 0 Å². The number of aliphatic hydroxyl groups is 14. The molecule has 17 N–H and O–H groups in total. The number of ether oxygens (including phenoxy) is 1. The van der Waals surface area contributed by atoms with Gasteiger partial charge in [0.25, 0.3) is 0 Å². The zero-order chi connectivity index (χ0) is 82.7. The van der Waals surface area contributed by atoms with E-state index in [2.05, 4.69) is 85.3 Å². The maximum absolute atomic E-state index is 15.1.